The Morgan fingerprint density at radius 2 is 1.84 bits per heavy atom. The number of aromatic nitrogens is 1. The Morgan fingerprint density at radius 1 is 1.06 bits per heavy atom. The lowest BCUT2D eigenvalue weighted by atomic mass is 9.94. The molecule has 32 heavy (non-hydrogen) atoms. The molecule has 3 aliphatic rings. The molecule has 2 aromatic rings. The first-order chi connectivity index (χ1) is 15.6. The highest BCUT2D eigenvalue weighted by molar-refractivity contribution is 8.18. The van der Waals surface area contributed by atoms with Gasteiger partial charge in [-0.3, -0.25) is 24.3 Å². The number of fused-ring (bicyclic) bond motifs is 1. The van der Waals surface area contributed by atoms with Gasteiger partial charge in [-0.05, 0) is 42.8 Å². The smallest absolute Gasteiger partial charge is 0.267 e. The molecule has 1 aromatic heterocycles. The van der Waals surface area contributed by atoms with E-state index >= 15 is 0 Å². The molecule has 0 bridgehead atoms. The Hall–Kier alpha value is -3.26. The number of thioether (sulfide) groups is 1. The average molecular weight is 447 g/mol. The van der Waals surface area contributed by atoms with Crippen LogP contribution in [-0.2, 0) is 14.4 Å². The monoisotopic (exact) mass is 446 g/mol. The summed E-state index contributed by atoms with van der Waals surface area (Å²) < 4.78 is 0. The minimum atomic E-state index is -0.458. The molecule has 162 valence electrons. The maximum absolute atomic E-state index is 13.7. The third-order valence-electron chi connectivity index (χ3n) is 6.00. The van der Waals surface area contributed by atoms with Gasteiger partial charge >= 0.3 is 0 Å². The van der Waals surface area contributed by atoms with E-state index in [-0.39, 0.29) is 23.4 Å². The predicted molar refractivity (Wildman–Crippen MR) is 124 cm³/mol. The number of rotatable bonds is 2. The van der Waals surface area contributed by atoms with E-state index in [9.17, 15) is 14.4 Å². The molecule has 5 rings (SSSR count). The molecule has 7 nitrogen and oxygen atoms in total. The third kappa shape index (κ3) is 3.44. The van der Waals surface area contributed by atoms with Gasteiger partial charge in [0.15, 0.2) is 5.17 Å². The van der Waals surface area contributed by atoms with Gasteiger partial charge < -0.3 is 0 Å². The van der Waals surface area contributed by atoms with Crippen molar-refractivity contribution in [2.45, 2.75) is 45.1 Å². The van der Waals surface area contributed by atoms with Crippen LogP contribution in [0, 0.1) is 0 Å². The van der Waals surface area contributed by atoms with E-state index in [0.29, 0.717) is 27.0 Å². The first kappa shape index (κ1) is 20.6. The zero-order valence-electron chi connectivity index (χ0n) is 17.7. The highest BCUT2D eigenvalue weighted by atomic mass is 32.2. The van der Waals surface area contributed by atoms with Crippen molar-refractivity contribution in [1.29, 1.82) is 0 Å². The second-order valence-corrected chi connectivity index (χ2v) is 9.03. The van der Waals surface area contributed by atoms with Crippen LogP contribution in [-0.4, -0.2) is 38.8 Å². The Kier molecular flexibility index (Phi) is 5.38. The summed E-state index contributed by atoms with van der Waals surface area (Å²) in [6, 6.07) is 10.8. The standard InChI is InChI=1S/C24H22N4O3S/c1-15(29)27-19-12-6-5-11-18(19)20(22(27)30)21-23(31)28(17-9-3-2-4-10-17)24(32-21)26-16-8-7-13-25-14-16/h5-8,11-14,17H,2-4,9-10H2,1H3/b21-20-,26-24?. The minimum Gasteiger partial charge on any atom is -0.283 e. The number of anilines is 1. The number of carbonyl (C=O) groups is 3. The van der Waals surface area contributed by atoms with E-state index in [1.165, 1.54) is 18.7 Å². The number of pyridine rings is 1. The van der Waals surface area contributed by atoms with Crippen LogP contribution in [0.1, 0.15) is 44.6 Å². The molecule has 2 aliphatic heterocycles. The topological polar surface area (TPSA) is 82.9 Å². The lowest BCUT2D eigenvalue weighted by Gasteiger charge is -2.30. The molecule has 0 radical (unpaired) electrons. The molecule has 3 heterocycles. The van der Waals surface area contributed by atoms with Crippen molar-refractivity contribution >= 4 is 51.6 Å². The van der Waals surface area contributed by atoms with Crippen LogP contribution >= 0.6 is 11.8 Å². The predicted octanol–water partition coefficient (Wildman–Crippen LogP) is 4.28. The van der Waals surface area contributed by atoms with Crippen LogP contribution in [0.15, 0.2) is 58.7 Å². The molecule has 1 saturated heterocycles. The molecule has 1 aromatic carbocycles. The van der Waals surface area contributed by atoms with Crippen molar-refractivity contribution < 1.29 is 14.4 Å². The Labute approximate surface area is 190 Å². The van der Waals surface area contributed by atoms with Crippen molar-refractivity contribution in [3.05, 3.63) is 59.3 Å². The number of carbonyl (C=O) groups excluding carboxylic acids is 3. The summed E-state index contributed by atoms with van der Waals surface area (Å²) in [6.45, 7) is 1.36. The van der Waals surface area contributed by atoms with Gasteiger partial charge in [-0.1, -0.05) is 37.5 Å². The molecule has 1 saturated carbocycles. The first-order valence-electron chi connectivity index (χ1n) is 10.7. The molecule has 0 spiro atoms. The van der Waals surface area contributed by atoms with Gasteiger partial charge in [-0.2, -0.15) is 0 Å². The lowest BCUT2D eigenvalue weighted by molar-refractivity contribution is -0.125. The van der Waals surface area contributed by atoms with Crippen LogP contribution in [0.25, 0.3) is 5.57 Å². The molecule has 0 atom stereocenters. The average Bonchev–Trinajstić information content (AvgIpc) is 3.27. The van der Waals surface area contributed by atoms with Gasteiger partial charge in [0, 0.05) is 24.7 Å². The molecule has 8 heteroatoms. The fourth-order valence-corrected chi connectivity index (χ4v) is 5.70. The fourth-order valence-electron chi connectivity index (χ4n) is 4.56. The summed E-state index contributed by atoms with van der Waals surface area (Å²) in [4.78, 5) is 51.3. The van der Waals surface area contributed by atoms with Crippen molar-refractivity contribution in [2.24, 2.45) is 4.99 Å². The summed E-state index contributed by atoms with van der Waals surface area (Å²) in [5.41, 5.74) is 2.05. The molecular formula is C24H22N4O3S. The van der Waals surface area contributed by atoms with Crippen molar-refractivity contribution in [3.63, 3.8) is 0 Å². The largest absolute Gasteiger partial charge is 0.283 e. The molecule has 0 N–H and O–H groups in total. The number of amidine groups is 1. The van der Waals surface area contributed by atoms with Crippen LogP contribution in [0.2, 0.25) is 0 Å². The van der Waals surface area contributed by atoms with Crippen molar-refractivity contribution in [2.75, 3.05) is 4.90 Å². The number of hydrogen-bond acceptors (Lipinski definition) is 6. The molecule has 1 aliphatic carbocycles. The van der Waals surface area contributed by atoms with E-state index in [2.05, 4.69) is 4.98 Å². The normalized spacial score (nSPS) is 22.7. The van der Waals surface area contributed by atoms with Crippen LogP contribution in [0.4, 0.5) is 11.4 Å². The van der Waals surface area contributed by atoms with Crippen molar-refractivity contribution in [1.82, 2.24) is 9.88 Å². The molecular weight excluding hydrogens is 424 g/mol. The first-order valence-corrected chi connectivity index (χ1v) is 11.6. The zero-order valence-corrected chi connectivity index (χ0v) is 18.5. The summed E-state index contributed by atoms with van der Waals surface area (Å²) in [5.74, 6) is -1.05. The number of amides is 3. The zero-order chi connectivity index (χ0) is 22.2. The highest BCUT2D eigenvalue weighted by Crippen LogP contribution is 2.46. The van der Waals surface area contributed by atoms with E-state index in [4.69, 9.17) is 4.99 Å². The van der Waals surface area contributed by atoms with Gasteiger partial charge in [-0.25, -0.2) is 9.89 Å². The molecule has 3 amide bonds. The summed E-state index contributed by atoms with van der Waals surface area (Å²) in [6.07, 6.45) is 8.42. The van der Waals surface area contributed by atoms with E-state index in [1.807, 2.05) is 12.1 Å². The Balaban J connectivity index is 1.64. The number of nitrogens with zero attached hydrogens (tertiary/aromatic N) is 4. The number of aliphatic imine (C=N–C) groups is 1. The van der Waals surface area contributed by atoms with E-state index in [1.54, 1.807) is 41.6 Å². The Bertz CT molecular complexity index is 1170. The maximum Gasteiger partial charge on any atom is 0.267 e. The number of benzene rings is 1. The lowest BCUT2D eigenvalue weighted by Crippen LogP contribution is -2.40. The van der Waals surface area contributed by atoms with Crippen molar-refractivity contribution in [3.8, 4) is 0 Å². The summed E-state index contributed by atoms with van der Waals surface area (Å²) in [7, 11) is 0. The highest BCUT2D eigenvalue weighted by Gasteiger charge is 2.45. The minimum absolute atomic E-state index is 0.0490. The molecule has 2 fully saturated rings. The second-order valence-electron chi connectivity index (χ2n) is 8.06. The SMILES string of the molecule is CC(=O)N1C(=O)/C(=C2\SC(=Nc3cccnc3)N(C3CCCCC3)C2=O)c2ccccc21. The van der Waals surface area contributed by atoms with Gasteiger partial charge in [0.2, 0.25) is 5.91 Å². The number of imide groups is 1. The fraction of sp³-hybridized carbons (Fsp3) is 0.292. The van der Waals surface area contributed by atoms with Gasteiger partial charge in [0.1, 0.15) is 0 Å². The van der Waals surface area contributed by atoms with Gasteiger partial charge in [0.25, 0.3) is 11.8 Å². The van der Waals surface area contributed by atoms with E-state index in [0.717, 1.165) is 37.0 Å². The second kappa shape index (κ2) is 8.35. The quantitative estimate of drug-likeness (QED) is 0.643. The third-order valence-corrected chi connectivity index (χ3v) is 7.05. The summed E-state index contributed by atoms with van der Waals surface area (Å²) in [5, 5.41) is 0.559. The number of hydrogen-bond donors (Lipinski definition) is 0. The maximum atomic E-state index is 13.7. The van der Waals surface area contributed by atoms with Gasteiger partial charge in [0.05, 0.1) is 28.0 Å². The number of para-hydroxylation sites is 1. The van der Waals surface area contributed by atoms with Gasteiger partial charge in [-0.15, -0.1) is 0 Å². The summed E-state index contributed by atoms with van der Waals surface area (Å²) >= 11 is 1.21. The Morgan fingerprint density at radius 3 is 2.56 bits per heavy atom. The van der Waals surface area contributed by atoms with Crippen LogP contribution < -0.4 is 4.90 Å². The van der Waals surface area contributed by atoms with E-state index < -0.39 is 5.91 Å². The van der Waals surface area contributed by atoms with Crippen LogP contribution in [0.3, 0.4) is 0 Å². The molecule has 0 unspecified atom stereocenters. The van der Waals surface area contributed by atoms with Crippen LogP contribution in [0.5, 0.6) is 0 Å².